The molecule has 1 saturated heterocycles. The Hall–Kier alpha value is -2.44. The first-order valence-corrected chi connectivity index (χ1v) is 15.0. The van der Waals surface area contributed by atoms with Crippen LogP contribution in [-0.4, -0.2) is 46.7 Å². The number of hydrogen-bond acceptors (Lipinski definition) is 5. The van der Waals surface area contributed by atoms with Crippen molar-refractivity contribution in [2.24, 2.45) is 5.41 Å². The number of benzene rings is 1. The van der Waals surface area contributed by atoms with Gasteiger partial charge in [-0.25, -0.2) is 4.79 Å². The second kappa shape index (κ2) is 10.6. The van der Waals surface area contributed by atoms with Crippen molar-refractivity contribution >= 4 is 23.2 Å². The van der Waals surface area contributed by atoms with E-state index in [1.165, 1.54) is 16.9 Å². The predicted molar refractivity (Wildman–Crippen MR) is 152 cm³/mol. The Morgan fingerprint density at radius 2 is 2.00 bits per heavy atom. The molecule has 6 rings (SSSR count). The van der Waals surface area contributed by atoms with Crippen LogP contribution in [0.15, 0.2) is 42.0 Å². The summed E-state index contributed by atoms with van der Waals surface area (Å²) in [5.74, 6) is 0.143. The fourth-order valence-electron chi connectivity index (χ4n) is 7.11. The SMILES string of the molecule is CCCN1C[C@@]2(CC[C@H]3c4ccc(cc4C(=O)c4ccc(C)s4)C[C@@H](O)CCC(C)=CCC[C@@]32C)OC1=O. The number of thiophene rings is 1. The zero-order chi connectivity index (χ0) is 27.1. The summed E-state index contributed by atoms with van der Waals surface area (Å²) in [4.78, 5) is 30.7. The Labute approximate surface area is 230 Å². The molecule has 2 fully saturated rings. The number of allylic oxidation sites excluding steroid dienone is 2. The number of aliphatic hydroxyl groups is 1. The molecule has 1 spiro atoms. The van der Waals surface area contributed by atoms with Crippen LogP contribution in [0.1, 0.15) is 103 Å². The minimum atomic E-state index is -0.558. The van der Waals surface area contributed by atoms with Gasteiger partial charge in [0.15, 0.2) is 0 Å². The van der Waals surface area contributed by atoms with E-state index in [4.69, 9.17) is 4.74 Å². The summed E-state index contributed by atoms with van der Waals surface area (Å²) in [6.45, 7) is 9.89. The molecule has 2 aromatic rings. The number of amides is 1. The lowest BCUT2D eigenvalue weighted by Crippen LogP contribution is -2.48. The maximum absolute atomic E-state index is 14.0. The molecule has 1 aliphatic heterocycles. The van der Waals surface area contributed by atoms with Crippen molar-refractivity contribution in [3.05, 3.63) is 68.4 Å². The summed E-state index contributed by atoms with van der Waals surface area (Å²) < 4.78 is 6.34. The quantitative estimate of drug-likeness (QED) is 0.332. The highest BCUT2D eigenvalue weighted by Crippen LogP contribution is 2.61. The normalized spacial score (nSPS) is 29.8. The number of carbonyl (C=O) groups is 2. The van der Waals surface area contributed by atoms with Gasteiger partial charge in [0.05, 0.1) is 17.5 Å². The van der Waals surface area contributed by atoms with E-state index in [1.807, 2.05) is 30.0 Å². The van der Waals surface area contributed by atoms with Gasteiger partial charge >= 0.3 is 6.09 Å². The summed E-state index contributed by atoms with van der Waals surface area (Å²) in [6, 6.07) is 10.2. The molecule has 0 unspecified atom stereocenters. The van der Waals surface area contributed by atoms with Gasteiger partial charge in [-0.15, -0.1) is 11.3 Å². The first kappa shape index (κ1) is 27.1. The van der Waals surface area contributed by atoms with Crippen LogP contribution in [0.5, 0.6) is 0 Å². The molecule has 38 heavy (non-hydrogen) atoms. The number of aryl methyl sites for hydroxylation is 1. The van der Waals surface area contributed by atoms with Crippen LogP contribution < -0.4 is 0 Å². The lowest BCUT2D eigenvalue weighted by atomic mass is 9.65. The van der Waals surface area contributed by atoms with Crippen LogP contribution in [0.25, 0.3) is 0 Å². The Morgan fingerprint density at radius 1 is 1.18 bits per heavy atom. The number of ketones is 1. The van der Waals surface area contributed by atoms with Gasteiger partial charge in [0.2, 0.25) is 5.78 Å². The lowest BCUT2D eigenvalue weighted by Gasteiger charge is -2.43. The molecule has 3 aliphatic carbocycles. The summed E-state index contributed by atoms with van der Waals surface area (Å²) in [5.41, 5.74) is 3.21. The molecule has 1 aromatic heterocycles. The lowest BCUT2D eigenvalue weighted by molar-refractivity contribution is -0.0373. The molecular formula is C32H41NO4S. The van der Waals surface area contributed by atoms with Gasteiger partial charge in [0.25, 0.3) is 0 Å². The number of ether oxygens (including phenoxy) is 1. The van der Waals surface area contributed by atoms with Gasteiger partial charge in [-0.3, -0.25) is 4.79 Å². The van der Waals surface area contributed by atoms with E-state index in [0.717, 1.165) is 65.0 Å². The minimum absolute atomic E-state index is 0.0524. The second-order valence-corrected chi connectivity index (χ2v) is 13.2. The van der Waals surface area contributed by atoms with Gasteiger partial charge in [-0.2, -0.15) is 0 Å². The molecule has 2 heterocycles. The second-order valence-electron chi connectivity index (χ2n) is 11.9. The molecule has 204 valence electrons. The standard InChI is InChI=1S/C32H41NO4S/c1-5-17-33-20-32(37-30(33)36)16-14-27-25-12-10-23(19-26(25)29(35)28-13-9-22(3)38-28)18-24(34)11-8-21(2)7-6-15-31(27,32)4/h7,9-10,12-13,19,24,27,34H,5-6,8,11,14-18,20H2,1-4H3/t24-,27-,31-,32+/m0/s1. The zero-order valence-corrected chi connectivity index (χ0v) is 24.0. The van der Waals surface area contributed by atoms with E-state index in [1.54, 1.807) is 0 Å². The van der Waals surface area contributed by atoms with E-state index in [2.05, 4.69) is 39.0 Å². The number of carbonyl (C=O) groups excluding carboxylic acids is 2. The van der Waals surface area contributed by atoms with Crippen LogP contribution in [0.3, 0.4) is 0 Å². The fourth-order valence-corrected chi connectivity index (χ4v) is 7.94. The topological polar surface area (TPSA) is 66.8 Å². The van der Waals surface area contributed by atoms with Crippen molar-refractivity contribution in [1.82, 2.24) is 4.90 Å². The number of fused-ring (bicyclic) bond motifs is 8. The highest BCUT2D eigenvalue weighted by molar-refractivity contribution is 7.14. The third kappa shape index (κ3) is 4.86. The third-order valence-corrected chi connectivity index (χ3v) is 10.3. The van der Waals surface area contributed by atoms with Gasteiger partial charge in [-0.1, -0.05) is 37.6 Å². The van der Waals surface area contributed by atoms with E-state index in [-0.39, 0.29) is 23.2 Å². The molecule has 1 amide bonds. The highest BCUT2D eigenvalue weighted by atomic mass is 32.1. The summed E-state index contributed by atoms with van der Waals surface area (Å²) in [6.07, 6.45) is 8.08. The van der Waals surface area contributed by atoms with Crippen molar-refractivity contribution in [3.8, 4) is 0 Å². The van der Waals surface area contributed by atoms with Gasteiger partial charge in [-0.05, 0) is 100 Å². The van der Waals surface area contributed by atoms with Crippen LogP contribution >= 0.6 is 11.3 Å². The fraction of sp³-hybridized carbons (Fsp3) is 0.562. The number of hydrogen-bond donors (Lipinski definition) is 1. The Balaban J connectivity index is 1.63. The molecule has 4 atom stereocenters. The molecule has 5 nitrogen and oxygen atoms in total. The van der Waals surface area contributed by atoms with Crippen LogP contribution in [0.2, 0.25) is 0 Å². The molecule has 0 radical (unpaired) electrons. The number of rotatable bonds is 4. The van der Waals surface area contributed by atoms with E-state index in [9.17, 15) is 14.7 Å². The number of aliphatic hydroxyl groups excluding tert-OH is 1. The monoisotopic (exact) mass is 535 g/mol. The summed E-state index contributed by atoms with van der Waals surface area (Å²) >= 11 is 1.53. The minimum Gasteiger partial charge on any atom is -0.440 e. The third-order valence-electron chi connectivity index (χ3n) is 9.33. The van der Waals surface area contributed by atoms with Crippen molar-refractivity contribution in [2.45, 2.75) is 96.7 Å². The average Bonchev–Trinajstić information content (AvgIpc) is 3.53. The number of nitrogens with zero attached hydrogens (tertiary/aromatic N) is 1. The molecule has 1 saturated carbocycles. The molecule has 2 bridgehead atoms. The van der Waals surface area contributed by atoms with E-state index in [0.29, 0.717) is 25.9 Å². The van der Waals surface area contributed by atoms with E-state index >= 15 is 0 Å². The Bertz CT molecular complexity index is 1250. The van der Waals surface area contributed by atoms with Crippen molar-refractivity contribution < 1.29 is 19.4 Å². The Morgan fingerprint density at radius 3 is 2.74 bits per heavy atom. The molecule has 6 heteroatoms. The average molecular weight is 536 g/mol. The largest absolute Gasteiger partial charge is 0.440 e. The molecule has 1 aromatic carbocycles. The zero-order valence-electron chi connectivity index (χ0n) is 23.2. The maximum atomic E-state index is 14.0. The van der Waals surface area contributed by atoms with Crippen LogP contribution in [0, 0.1) is 12.3 Å². The van der Waals surface area contributed by atoms with Crippen molar-refractivity contribution in [2.75, 3.05) is 13.1 Å². The van der Waals surface area contributed by atoms with Gasteiger partial charge in [0.1, 0.15) is 5.60 Å². The van der Waals surface area contributed by atoms with Crippen LogP contribution in [-0.2, 0) is 11.2 Å². The van der Waals surface area contributed by atoms with Crippen molar-refractivity contribution in [3.63, 3.8) is 0 Å². The first-order chi connectivity index (χ1) is 18.2. The van der Waals surface area contributed by atoms with E-state index < -0.39 is 11.7 Å². The highest BCUT2D eigenvalue weighted by Gasteiger charge is 2.63. The van der Waals surface area contributed by atoms with Crippen LogP contribution in [0.4, 0.5) is 4.79 Å². The smallest absolute Gasteiger partial charge is 0.410 e. The summed E-state index contributed by atoms with van der Waals surface area (Å²) in [7, 11) is 0. The molecule has 4 aliphatic rings. The predicted octanol–water partition coefficient (Wildman–Crippen LogP) is 7.20. The maximum Gasteiger partial charge on any atom is 0.410 e. The summed E-state index contributed by atoms with van der Waals surface area (Å²) in [5, 5.41) is 10.8. The van der Waals surface area contributed by atoms with Gasteiger partial charge in [0, 0.05) is 22.4 Å². The van der Waals surface area contributed by atoms with Gasteiger partial charge < -0.3 is 14.7 Å². The Kier molecular flexibility index (Phi) is 7.58. The molecule has 1 N–H and O–H groups in total. The van der Waals surface area contributed by atoms with Crippen molar-refractivity contribution in [1.29, 1.82) is 0 Å². The molecular weight excluding hydrogens is 494 g/mol. The first-order valence-electron chi connectivity index (χ1n) is 14.2.